The first-order valence-electron chi connectivity index (χ1n) is 6.55. The molecule has 0 unspecified atom stereocenters. The molecule has 0 radical (unpaired) electrons. The van der Waals surface area contributed by atoms with Crippen molar-refractivity contribution in [2.75, 3.05) is 11.9 Å². The van der Waals surface area contributed by atoms with E-state index in [0.29, 0.717) is 22.2 Å². The lowest BCUT2D eigenvalue weighted by molar-refractivity contribution is 0.0699. The summed E-state index contributed by atoms with van der Waals surface area (Å²) in [6.45, 7) is 8.52. The van der Waals surface area contributed by atoms with E-state index in [1.165, 1.54) is 11.3 Å². The zero-order valence-electron chi connectivity index (χ0n) is 12.8. The van der Waals surface area contributed by atoms with E-state index in [1.807, 2.05) is 45.0 Å². The van der Waals surface area contributed by atoms with Gasteiger partial charge in [-0.05, 0) is 6.92 Å². The molecule has 0 aliphatic carbocycles. The number of hydrogen-bond donors (Lipinski definition) is 1. The van der Waals surface area contributed by atoms with Gasteiger partial charge >= 0.3 is 5.97 Å². The lowest BCUT2D eigenvalue weighted by Gasteiger charge is -2.17. The zero-order chi connectivity index (χ0) is 15.8. The number of nitrogens with zero attached hydrogens (tertiary/aromatic N) is 3. The van der Waals surface area contributed by atoms with E-state index in [0.717, 1.165) is 10.7 Å². The second kappa shape index (κ2) is 5.73. The molecule has 2 aromatic rings. The van der Waals surface area contributed by atoms with Gasteiger partial charge in [-0.1, -0.05) is 32.1 Å². The zero-order valence-corrected chi connectivity index (χ0v) is 14.4. The highest BCUT2D eigenvalue weighted by Gasteiger charge is 2.28. The summed E-state index contributed by atoms with van der Waals surface area (Å²) in [6, 6.07) is 0. The van der Waals surface area contributed by atoms with Crippen molar-refractivity contribution < 1.29 is 9.90 Å². The van der Waals surface area contributed by atoms with E-state index < -0.39 is 5.97 Å². The third-order valence-electron chi connectivity index (χ3n) is 2.91. The molecule has 0 atom stereocenters. The van der Waals surface area contributed by atoms with Crippen molar-refractivity contribution in [3.8, 4) is 0 Å². The molecule has 5 nitrogen and oxygen atoms in total. The van der Waals surface area contributed by atoms with Crippen LogP contribution in [0.2, 0.25) is 0 Å². The number of thiazole rings is 2. The van der Waals surface area contributed by atoms with E-state index in [1.54, 1.807) is 11.3 Å². The standard InChI is InChI=1S/C14H19N3O2S2/c1-8-15-9(7-20-8)6-17(5)13-16-11(14(2,3)4)10(21-13)12(18)19/h7H,6H2,1-5H3,(H,18,19). The van der Waals surface area contributed by atoms with Gasteiger partial charge in [0.15, 0.2) is 5.13 Å². The molecule has 0 amide bonds. The SMILES string of the molecule is Cc1nc(CN(C)c2nc(C(C)(C)C)c(C(=O)O)s2)cs1. The van der Waals surface area contributed by atoms with Crippen molar-refractivity contribution in [3.05, 3.63) is 26.7 Å². The molecule has 0 spiro atoms. The predicted octanol–water partition coefficient (Wildman–Crippen LogP) is 3.54. The summed E-state index contributed by atoms with van der Waals surface area (Å²) in [4.78, 5) is 22.6. The second-order valence-electron chi connectivity index (χ2n) is 5.94. The van der Waals surface area contributed by atoms with Crippen LogP contribution in [0, 0.1) is 6.92 Å². The second-order valence-corrected chi connectivity index (χ2v) is 7.98. The first kappa shape index (κ1) is 15.9. The molecule has 1 N–H and O–H groups in total. The summed E-state index contributed by atoms with van der Waals surface area (Å²) in [7, 11) is 1.91. The number of carbonyl (C=O) groups is 1. The Morgan fingerprint density at radius 3 is 2.48 bits per heavy atom. The number of carboxylic acid groups (broad SMARTS) is 1. The Bertz CT molecular complexity index is 655. The monoisotopic (exact) mass is 325 g/mol. The molecule has 0 fully saturated rings. The highest BCUT2D eigenvalue weighted by Crippen LogP contribution is 2.33. The number of aryl methyl sites for hydroxylation is 1. The highest BCUT2D eigenvalue weighted by molar-refractivity contribution is 7.17. The van der Waals surface area contributed by atoms with Crippen LogP contribution in [0.4, 0.5) is 5.13 Å². The Morgan fingerprint density at radius 1 is 1.38 bits per heavy atom. The Labute approximate surface area is 132 Å². The number of rotatable bonds is 4. The van der Waals surface area contributed by atoms with Gasteiger partial charge in [-0.3, -0.25) is 0 Å². The molecule has 0 aliphatic heterocycles. The number of hydrogen-bond acceptors (Lipinski definition) is 6. The van der Waals surface area contributed by atoms with E-state index in [4.69, 9.17) is 0 Å². The third-order valence-corrected chi connectivity index (χ3v) is 4.89. The predicted molar refractivity (Wildman–Crippen MR) is 86.7 cm³/mol. The summed E-state index contributed by atoms with van der Waals surface area (Å²) in [5.41, 5.74) is 1.32. The average molecular weight is 325 g/mol. The minimum absolute atomic E-state index is 0.291. The van der Waals surface area contributed by atoms with Crippen molar-refractivity contribution in [2.45, 2.75) is 39.7 Å². The van der Waals surface area contributed by atoms with Crippen LogP contribution in [-0.4, -0.2) is 28.1 Å². The lowest BCUT2D eigenvalue weighted by Crippen LogP contribution is -2.18. The molecule has 2 aromatic heterocycles. The topological polar surface area (TPSA) is 66.3 Å². The van der Waals surface area contributed by atoms with Crippen molar-refractivity contribution in [1.82, 2.24) is 9.97 Å². The van der Waals surface area contributed by atoms with Crippen molar-refractivity contribution in [1.29, 1.82) is 0 Å². The minimum atomic E-state index is -0.915. The van der Waals surface area contributed by atoms with Gasteiger partial charge in [0.05, 0.1) is 22.9 Å². The Kier molecular flexibility index (Phi) is 4.34. The molecular formula is C14H19N3O2S2. The molecule has 2 rings (SSSR count). The Morgan fingerprint density at radius 2 is 2.05 bits per heavy atom. The van der Waals surface area contributed by atoms with E-state index in [2.05, 4.69) is 9.97 Å². The van der Waals surface area contributed by atoms with Crippen LogP contribution >= 0.6 is 22.7 Å². The van der Waals surface area contributed by atoms with Crippen LogP contribution in [0.1, 0.15) is 46.8 Å². The van der Waals surface area contributed by atoms with Gasteiger partial charge in [-0.25, -0.2) is 14.8 Å². The first-order chi connectivity index (χ1) is 9.68. The van der Waals surface area contributed by atoms with Gasteiger partial charge in [-0.2, -0.15) is 0 Å². The molecule has 21 heavy (non-hydrogen) atoms. The first-order valence-corrected chi connectivity index (χ1v) is 8.25. The van der Waals surface area contributed by atoms with Gasteiger partial charge in [0.25, 0.3) is 0 Å². The number of anilines is 1. The number of aromatic nitrogens is 2. The van der Waals surface area contributed by atoms with Crippen LogP contribution in [0.5, 0.6) is 0 Å². The average Bonchev–Trinajstić information content (AvgIpc) is 2.94. The fourth-order valence-corrected chi connectivity index (χ4v) is 3.60. The Hall–Kier alpha value is -1.47. The molecule has 7 heteroatoms. The summed E-state index contributed by atoms with van der Waals surface area (Å²) < 4.78 is 0. The Balaban J connectivity index is 2.29. The van der Waals surface area contributed by atoms with Crippen molar-refractivity contribution >= 4 is 33.8 Å². The normalized spacial score (nSPS) is 11.7. The van der Waals surface area contributed by atoms with Crippen LogP contribution < -0.4 is 4.90 Å². The largest absolute Gasteiger partial charge is 0.477 e. The van der Waals surface area contributed by atoms with E-state index >= 15 is 0 Å². The maximum absolute atomic E-state index is 11.4. The summed E-state index contributed by atoms with van der Waals surface area (Å²) in [5, 5.41) is 13.1. The highest BCUT2D eigenvalue weighted by atomic mass is 32.1. The van der Waals surface area contributed by atoms with E-state index in [9.17, 15) is 9.90 Å². The molecule has 2 heterocycles. The molecule has 0 saturated carbocycles. The van der Waals surface area contributed by atoms with Gasteiger partial charge in [0.2, 0.25) is 0 Å². The van der Waals surface area contributed by atoms with Crippen molar-refractivity contribution in [2.24, 2.45) is 0 Å². The van der Waals surface area contributed by atoms with Crippen LogP contribution in [0.25, 0.3) is 0 Å². The molecule has 114 valence electrons. The quantitative estimate of drug-likeness (QED) is 0.931. The van der Waals surface area contributed by atoms with Gasteiger partial charge in [0.1, 0.15) is 4.88 Å². The fourth-order valence-electron chi connectivity index (χ4n) is 1.92. The molecule has 0 saturated heterocycles. The summed E-state index contributed by atoms with van der Waals surface area (Å²) in [6.07, 6.45) is 0. The number of aromatic carboxylic acids is 1. The van der Waals surface area contributed by atoms with Gasteiger partial charge in [-0.15, -0.1) is 11.3 Å². The van der Waals surface area contributed by atoms with Gasteiger partial charge < -0.3 is 10.0 Å². The van der Waals surface area contributed by atoms with Crippen LogP contribution in [0.3, 0.4) is 0 Å². The van der Waals surface area contributed by atoms with Crippen LogP contribution in [0.15, 0.2) is 5.38 Å². The maximum Gasteiger partial charge on any atom is 0.347 e. The summed E-state index contributed by atoms with van der Waals surface area (Å²) in [5.74, 6) is -0.915. The molecular weight excluding hydrogens is 306 g/mol. The van der Waals surface area contributed by atoms with Crippen molar-refractivity contribution in [3.63, 3.8) is 0 Å². The smallest absolute Gasteiger partial charge is 0.347 e. The lowest BCUT2D eigenvalue weighted by atomic mass is 9.91. The fraction of sp³-hybridized carbons (Fsp3) is 0.500. The maximum atomic E-state index is 11.4. The molecule has 0 aromatic carbocycles. The molecule has 0 bridgehead atoms. The van der Waals surface area contributed by atoms with Gasteiger partial charge in [0, 0.05) is 17.8 Å². The molecule has 0 aliphatic rings. The summed E-state index contributed by atoms with van der Waals surface area (Å²) >= 11 is 2.83. The van der Waals surface area contributed by atoms with Crippen LogP contribution in [-0.2, 0) is 12.0 Å². The number of carboxylic acids is 1. The van der Waals surface area contributed by atoms with E-state index in [-0.39, 0.29) is 5.41 Å². The minimum Gasteiger partial charge on any atom is -0.477 e. The third kappa shape index (κ3) is 3.59.